The molecule has 3 nitrogen and oxygen atoms in total. The average molecular weight is 256 g/mol. The van der Waals surface area contributed by atoms with Gasteiger partial charge in [0.1, 0.15) is 0 Å². The van der Waals surface area contributed by atoms with Gasteiger partial charge in [-0.3, -0.25) is 9.59 Å². The molecule has 1 aromatic carbocycles. The molecule has 0 fully saturated rings. The fourth-order valence-electron chi connectivity index (χ4n) is 2.04. The van der Waals surface area contributed by atoms with Gasteiger partial charge in [0.05, 0.1) is 5.92 Å². The van der Waals surface area contributed by atoms with E-state index in [1.54, 1.807) is 31.2 Å². The van der Waals surface area contributed by atoms with Crippen LogP contribution in [0.3, 0.4) is 0 Å². The number of rotatable bonds is 4. The normalized spacial score (nSPS) is 15.7. The fourth-order valence-corrected chi connectivity index (χ4v) is 2.04. The van der Waals surface area contributed by atoms with Crippen LogP contribution in [0.15, 0.2) is 48.1 Å². The van der Waals surface area contributed by atoms with Crippen LogP contribution in [0.25, 0.3) is 0 Å². The molecule has 1 aliphatic rings. The first-order valence-corrected chi connectivity index (χ1v) is 6.34. The van der Waals surface area contributed by atoms with E-state index in [0.717, 1.165) is 12.8 Å². The number of carboxylic acids is 1. The third-order valence-electron chi connectivity index (χ3n) is 3.28. The zero-order valence-electron chi connectivity index (χ0n) is 10.8. The minimum Gasteiger partial charge on any atom is -0.481 e. The molecule has 2 rings (SSSR count). The van der Waals surface area contributed by atoms with Crippen molar-refractivity contribution in [2.24, 2.45) is 0 Å². The quantitative estimate of drug-likeness (QED) is 0.841. The molecule has 1 aliphatic carbocycles. The monoisotopic (exact) mass is 256 g/mol. The van der Waals surface area contributed by atoms with Gasteiger partial charge in [-0.05, 0) is 31.4 Å². The summed E-state index contributed by atoms with van der Waals surface area (Å²) in [7, 11) is 0. The SMILES string of the molecule is CC(C(=O)O)c1cccc(C(=O)C2=CCCC=C2)c1. The molecular weight excluding hydrogens is 240 g/mol. The summed E-state index contributed by atoms with van der Waals surface area (Å²) in [5.74, 6) is -1.54. The van der Waals surface area contributed by atoms with Crippen molar-refractivity contribution in [2.75, 3.05) is 0 Å². The van der Waals surface area contributed by atoms with Crippen LogP contribution in [-0.4, -0.2) is 16.9 Å². The van der Waals surface area contributed by atoms with Crippen LogP contribution in [0, 0.1) is 0 Å². The van der Waals surface area contributed by atoms with Gasteiger partial charge in [-0.15, -0.1) is 0 Å². The Morgan fingerprint density at radius 1 is 1.26 bits per heavy atom. The van der Waals surface area contributed by atoms with Gasteiger partial charge in [0, 0.05) is 11.1 Å². The topological polar surface area (TPSA) is 54.4 Å². The molecule has 1 N–H and O–H groups in total. The van der Waals surface area contributed by atoms with E-state index >= 15 is 0 Å². The molecule has 1 unspecified atom stereocenters. The number of carbonyl (C=O) groups is 2. The van der Waals surface area contributed by atoms with Crippen LogP contribution in [0.2, 0.25) is 0 Å². The van der Waals surface area contributed by atoms with Gasteiger partial charge in [0.15, 0.2) is 5.78 Å². The van der Waals surface area contributed by atoms with Crippen LogP contribution in [0.5, 0.6) is 0 Å². The van der Waals surface area contributed by atoms with Crippen molar-refractivity contribution in [2.45, 2.75) is 25.7 Å². The molecule has 0 amide bonds. The van der Waals surface area contributed by atoms with Crippen molar-refractivity contribution < 1.29 is 14.7 Å². The van der Waals surface area contributed by atoms with Gasteiger partial charge in [0.2, 0.25) is 0 Å². The number of hydrogen-bond donors (Lipinski definition) is 1. The van der Waals surface area contributed by atoms with Gasteiger partial charge in [0.25, 0.3) is 0 Å². The largest absolute Gasteiger partial charge is 0.481 e. The molecule has 0 aliphatic heterocycles. The van der Waals surface area contributed by atoms with Crippen molar-refractivity contribution in [3.8, 4) is 0 Å². The highest BCUT2D eigenvalue weighted by Gasteiger charge is 2.16. The highest BCUT2D eigenvalue weighted by Crippen LogP contribution is 2.20. The van der Waals surface area contributed by atoms with Crippen LogP contribution in [0.1, 0.15) is 41.6 Å². The Labute approximate surface area is 112 Å². The molecule has 0 bridgehead atoms. The molecular formula is C16H16O3. The van der Waals surface area contributed by atoms with Crippen molar-refractivity contribution >= 4 is 11.8 Å². The second kappa shape index (κ2) is 5.65. The Balaban J connectivity index is 2.28. The van der Waals surface area contributed by atoms with E-state index in [9.17, 15) is 9.59 Å². The van der Waals surface area contributed by atoms with Gasteiger partial charge in [-0.25, -0.2) is 0 Å². The first-order chi connectivity index (χ1) is 9.09. The fraction of sp³-hybridized carbons (Fsp3) is 0.250. The Morgan fingerprint density at radius 3 is 2.68 bits per heavy atom. The molecule has 0 saturated heterocycles. The summed E-state index contributed by atoms with van der Waals surface area (Å²) in [6.45, 7) is 1.62. The van der Waals surface area contributed by atoms with E-state index in [1.165, 1.54) is 0 Å². The zero-order valence-corrected chi connectivity index (χ0v) is 10.8. The number of hydrogen-bond acceptors (Lipinski definition) is 2. The number of Topliss-reactive ketones (excluding diaryl/α,β-unsaturated/α-hetero) is 1. The number of benzene rings is 1. The molecule has 1 aromatic rings. The summed E-state index contributed by atoms with van der Waals surface area (Å²) in [5.41, 5.74) is 1.88. The second-order valence-electron chi connectivity index (χ2n) is 4.65. The predicted octanol–water partition coefficient (Wildman–Crippen LogP) is 3.33. The van der Waals surface area contributed by atoms with Crippen molar-refractivity contribution in [1.29, 1.82) is 0 Å². The number of carbonyl (C=O) groups excluding carboxylic acids is 1. The number of ketones is 1. The molecule has 3 heteroatoms. The highest BCUT2D eigenvalue weighted by atomic mass is 16.4. The van der Waals surface area contributed by atoms with Gasteiger partial charge < -0.3 is 5.11 Å². The Morgan fingerprint density at radius 2 is 2.05 bits per heavy atom. The van der Waals surface area contributed by atoms with Crippen LogP contribution in [-0.2, 0) is 4.79 Å². The average Bonchev–Trinajstić information content (AvgIpc) is 2.46. The first kappa shape index (κ1) is 13.3. The summed E-state index contributed by atoms with van der Waals surface area (Å²) in [6.07, 6.45) is 7.58. The van der Waals surface area contributed by atoms with E-state index < -0.39 is 11.9 Å². The lowest BCUT2D eigenvalue weighted by Gasteiger charge is -2.10. The van der Waals surface area contributed by atoms with Crippen LogP contribution in [0.4, 0.5) is 0 Å². The minimum atomic E-state index is -0.888. The second-order valence-corrected chi connectivity index (χ2v) is 4.65. The Hall–Kier alpha value is -2.16. The third kappa shape index (κ3) is 2.99. The van der Waals surface area contributed by atoms with Gasteiger partial charge >= 0.3 is 5.97 Å². The predicted molar refractivity (Wildman–Crippen MR) is 73.3 cm³/mol. The third-order valence-corrected chi connectivity index (χ3v) is 3.28. The standard InChI is InChI=1S/C16H16O3/c1-11(16(18)19)13-8-5-9-14(10-13)15(17)12-6-3-2-4-7-12/h3,5-11H,2,4H2,1H3,(H,18,19). The molecule has 0 saturated carbocycles. The zero-order chi connectivity index (χ0) is 13.8. The number of aliphatic carboxylic acids is 1. The molecule has 0 spiro atoms. The van der Waals surface area contributed by atoms with E-state index in [2.05, 4.69) is 0 Å². The van der Waals surface area contributed by atoms with Crippen molar-refractivity contribution in [3.05, 3.63) is 59.2 Å². The van der Waals surface area contributed by atoms with Crippen LogP contribution >= 0.6 is 0 Å². The van der Waals surface area contributed by atoms with E-state index in [-0.39, 0.29) is 5.78 Å². The number of allylic oxidation sites excluding steroid dienone is 4. The molecule has 1 atom stereocenters. The highest BCUT2D eigenvalue weighted by molar-refractivity contribution is 6.10. The summed E-state index contributed by atoms with van der Waals surface area (Å²) in [5, 5.41) is 9.01. The smallest absolute Gasteiger partial charge is 0.310 e. The molecule has 19 heavy (non-hydrogen) atoms. The van der Waals surface area contributed by atoms with Gasteiger partial charge in [-0.2, -0.15) is 0 Å². The van der Waals surface area contributed by atoms with Crippen LogP contribution < -0.4 is 0 Å². The lowest BCUT2D eigenvalue weighted by atomic mass is 9.94. The van der Waals surface area contributed by atoms with E-state index in [4.69, 9.17) is 5.11 Å². The van der Waals surface area contributed by atoms with E-state index in [0.29, 0.717) is 16.7 Å². The maximum Gasteiger partial charge on any atom is 0.310 e. The molecule has 0 heterocycles. The summed E-state index contributed by atoms with van der Waals surface area (Å²) in [4.78, 5) is 23.3. The molecule has 98 valence electrons. The summed E-state index contributed by atoms with van der Waals surface area (Å²) in [6, 6.07) is 6.86. The molecule has 0 aromatic heterocycles. The lowest BCUT2D eigenvalue weighted by molar-refractivity contribution is -0.138. The number of carboxylic acid groups (broad SMARTS) is 1. The van der Waals surface area contributed by atoms with Crippen molar-refractivity contribution in [1.82, 2.24) is 0 Å². The minimum absolute atomic E-state index is 0.0459. The maximum absolute atomic E-state index is 12.3. The summed E-state index contributed by atoms with van der Waals surface area (Å²) < 4.78 is 0. The van der Waals surface area contributed by atoms with E-state index in [1.807, 2.05) is 18.2 Å². The Kier molecular flexibility index (Phi) is 3.95. The maximum atomic E-state index is 12.3. The Bertz CT molecular complexity index is 567. The summed E-state index contributed by atoms with van der Waals surface area (Å²) >= 11 is 0. The van der Waals surface area contributed by atoms with Gasteiger partial charge in [-0.1, -0.05) is 36.4 Å². The first-order valence-electron chi connectivity index (χ1n) is 6.34. The lowest BCUT2D eigenvalue weighted by Crippen LogP contribution is -2.09. The molecule has 0 radical (unpaired) electrons. The van der Waals surface area contributed by atoms with Crippen molar-refractivity contribution in [3.63, 3.8) is 0 Å².